The number of anilines is 1. The van der Waals surface area contributed by atoms with Crippen molar-refractivity contribution in [3.8, 4) is 0 Å². The number of nitrogens with two attached hydrogens (primary N) is 1. The van der Waals surface area contributed by atoms with Gasteiger partial charge in [0, 0.05) is 22.7 Å². The highest BCUT2D eigenvalue weighted by molar-refractivity contribution is 8.00. The highest BCUT2D eigenvalue weighted by Gasteiger charge is 2.13. The Morgan fingerprint density at radius 1 is 1.13 bits per heavy atom. The fourth-order valence-corrected chi connectivity index (χ4v) is 2.58. The van der Waals surface area contributed by atoms with Gasteiger partial charge < -0.3 is 11.1 Å². The zero-order valence-corrected chi connectivity index (χ0v) is 12.7. The van der Waals surface area contributed by atoms with E-state index in [1.54, 1.807) is 24.3 Å². The molecule has 0 bridgehead atoms. The van der Waals surface area contributed by atoms with Crippen LogP contribution in [0.2, 0.25) is 0 Å². The molecule has 0 saturated heterocycles. The van der Waals surface area contributed by atoms with Gasteiger partial charge in [0.1, 0.15) is 0 Å². The molecule has 0 saturated carbocycles. The van der Waals surface area contributed by atoms with Crippen molar-refractivity contribution in [1.29, 1.82) is 0 Å². The second-order valence-corrected chi connectivity index (χ2v) is 5.53. The fourth-order valence-electron chi connectivity index (χ4n) is 1.79. The minimum atomic E-state index is -0.513. The number of rotatable bonds is 6. The van der Waals surface area contributed by atoms with Gasteiger partial charge in [0.25, 0.3) is 11.6 Å². The largest absolute Gasteiger partial charge is 0.369 e. The molecule has 0 aliphatic rings. The monoisotopic (exact) mass is 331 g/mol. The first-order valence-electron chi connectivity index (χ1n) is 6.53. The maximum Gasteiger partial charge on any atom is 0.269 e. The molecule has 2 amide bonds. The Hall–Kier alpha value is -2.87. The summed E-state index contributed by atoms with van der Waals surface area (Å²) in [5.41, 5.74) is 5.90. The lowest BCUT2D eigenvalue weighted by Gasteiger charge is -2.09. The molecule has 7 nitrogen and oxygen atoms in total. The number of non-ortho nitro benzene ring substituents is 1. The summed E-state index contributed by atoms with van der Waals surface area (Å²) < 4.78 is 0. The first-order chi connectivity index (χ1) is 11.0. The van der Waals surface area contributed by atoms with Crippen molar-refractivity contribution in [2.24, 2.45) is 5.73 Å². The maximum atomic E-state index is 12.3. The first kappa shape index (κ1) is 16.5. The van der Waals surface area contributed by atoms with E-state index in [0.29, 0.717) is 16.1 Å². The first-order valence-corrected chi connectivity index (χ1v) is 7.52. The molecule has 118 valence electrons. The van der Waals surface area contributed by atoms with Crippen LogP contribution in [0.4, 0.5) is 11.4 Å². The molecule has 8 heteroatoms. The Balaban J connectivity index is 2.14. The van der Waals surface area contributed by atoms with Crippen molar-refractivity contribution in [2.75, 3.05) is 11.1 Å². The molecule has 2 aromatic carbocycles. The van der Waals surface area contributed by atoms with Gasteiger partial charge in [0.15, 0.2) is 0 Å². The number of nitro groups is 1. The SMILES string of the molecule is NC(=O)CSc1ccccc1C(=O)Nc1ccc([N+](=O)[O-])cc1. The van der Waals surface area contributed by atoms with Gasteiger partial charge in [-0.2, -0.15) is 0 Å². The molecule has 0 atom stereocenters. The third-order valence-electron chi connectivity index (χ3n) is 2.84. The molecule has 3 N–H and O–H groups in total. The van der Waals surface area contributed by atoms with Crippen molar-refractivity contribution in [3.05, 3.63) is 64.2 Å². The van der Waals surface area contributed by atoms with E-state index in [1.165, 1.54) is 36.0 Å². The van der Waals surface area contributed by atoms with Crippen LogP contribution in [-0.4, -0.2) is 22.5 Å². The lowest BCUT2D eigenvalue weighted by Crippen LogP contribution is -2.15. The van der Waals surface area contributed by atoms with E-state index in [4.69, 9.17) is 5.73 Å². The zero-order chi connectivity index (χ0) is 16.8. The van der Waals surface area contributed by atoms with Gasteiger partial charge in [0.05, 0.1) is 16.2 Å². The molecular formula is C15H13N3O4S. The van der Waals surface area contributed by atoms with Crippen LogP contribution in [0.15, 0.2) is 53.4 Å². The van der Waals surface area contributed by atoms with Crippen molar-refractivity contribution < 1.29 is 14.5 Å². The van der Waals surface area contributed by atoms with Crippen LogP contribution in [0.1, 0.15) is 10.4 Å². The number of thioether (sulfide) groups is 1. The maximum absolute atomic E-state index is 12.3. The van der Waals surface area contributed by atoms with Crippen LogP contribution < -0.4 is 11.1 Å². The van der Waals surface area contributed by atoms with E-state index in [0.717, 1.165) is 0 Å². The highest BCUT2D eigenvalue weighted by atomic mass is 32.2. The predicted octanol–water partition coefficient (Wildman–Crippen LogP) is 2.42. The van der Waals surface area contributed by atoms with Gasteiger partial charge in [-0.3, -0.25) is 19.7 Å². The number of amides is 2. The Kier molecular flexibility index (Phi) is 5.32. The quantitative estimate of drug-likeness (QED) is 0.479. The summed E-state index contributed by atoms with van der Waals surface area (Å²) in [5.74, 6) is -0.769. The molecule has 0 aliphatic heterocycles. The van der Waals surface area contributed by atoms with Gasteiger partial charge in [-0.15, -0.1) is 11.8 Å². The number of hydrogen-bond donors (Lipinski definition) is 2. The Morgan fingerprint density at radius 2 is 1.78 bits per heavy atom. The second kappa shape index (κ2) is 7.41. The van der Waals surface area contributed by atoms with E-state index in [-0.39, 0.29) is 17.3 Å². The molecule has 0 aliphatic carbocycles. The molecule has 0 fully saturated rings. The molecule has 2 aromatic rings. The molecule has 23 heavy (non-hydrogen) atoms. The molecule has 0 radical (unpaired) electrons. The average molecular weight is 331 g/mol. The van der Waals surface area contributed by atoms with Gasteiger partial charge in [-0.25, -0.2) is 0 Å². The number of nitrogens with zero attached hydrogens (tertiary/aromatic N) is 1. The number of carbonyl (C=O) groups excluding carboxylic acids is 2. The van der Waals surface area contributed by atoms with Gasteiger partial charge in [-0.05, 0) is 24.3 Å². The Labute approximate surface area is 136 Å². The normalized spacial score (nSPS) is 10.1. The topological polar surface area (TPSA) is 115 Å². The van der Waals surface area contributed by atoms with E-state index < -0.39 is 10.8 Å². The van der Waals surface area contributed by atoms with E-state index >= 15 is 0 Å². The van der Waals surface area contributed by atoms with E-state index in [2.05, 4.69) is 5.32 Å². The standard InChI is InChI=1S/C15H13N3O4S/c16-14(19)9-23-13-4-2-1-3-12(13)15(20)17-10-5-7-11(8-6-10)18(21)22/h1-8H,9H2,(H2,16,19)(H,17,20). The molecule has 0 heterocycles. The van der Waals surface area contributed by atoms with Crippen LogP contribution in [0, 0.1) is 10.1 Å². The van der Waals surface area contributed by atoms with Crippen molar-refractivity contribution in [2.45, 2.75) is 4.90 Å². The molecule has 0 spiro atoms. The summed E-state index contributed by atoms with van der Waals surface area (Å²) >= 11 is 1.18. The fraction of sp³-hybridized carbons (Fsp3) is 0.0667. The zero-order valence-electron chi connectivity index (χ0n) is 11.9. The third-order valence-corrected chi connectivity index (χ3v) is 3.93. The summed E-state index contributed by atoms with van der Waals surface area (Å²) in [6.07, 6.45) is 0. The number of hydrogen-bond acceptors (Lipinski definition) is 5. The van der Waals surface area contributed by atoms with Crippen molar-refractivity contribution >= 4 is 35.0 Å². The van der Waals surface area contributed by atoms with E-state index in [1.807, 2.05) is 0 Å². The van der Waals surface area contributed by atoms with Crippen LogP contribution in [-0.2, 0) is 4.79 Å². The number of carbonyl (C=O) groups is 2. The summed E-state index contributed by atoms with van der Waals surface area (Å²) in [4.78, 5) is 33.9. The van der Waals surface area contributed by atoms with Crippen molar-refractivity contribution in [1.82, 2.24) is 0 Å². The highest BCUT2D eigenvalue weighted by Crippen LogP contribution is 2.24. The average Bonchev–Trinajstić information content (AvgIpc) is 2.53. The summed E-state index contributed by atoms with van der Waals surface area (Å²) in [7, 11) is 0. The molecular weight excluding hydrogens is 318 g/mol. The Morgan fingerprint density at radius 3 is 2.39 bits per heavy atom. The van der Waals surface area contributed by atoms with Crippen molar-refractivity contribution in [3.63, 3.8) is 0 Å². The summed E-state index contributed by atoms with van der Waals surface area (Å²) in [5, 5.41) is 13.3. The number of primary amides is 1. The van der Waals surface area contributed by atoms with E-state index in [9.17, 15) is 19.7 Å². The minimum absolute atomic E-state index is 0.0552. The van der Waals surface area contributed by atoms with Crippen LogP contribution in [0.25, 0.3) is 0 Å². The summed E-state index contributed by atoms with van der Waals surface area (Å²) in [6.45, 7) is 0. The summed E-state index contributed by atoms with van der Waals surface area (Å²) in [6, 6.07) is 12.3. The van der Waals surface area contributed by atoms with Crippen LogP contribution in [0.3, 0.4) is 0 Å². The lowest BCUT2D eigenvalue weighted by molar-refractivity contribution is -0.384. The number of nitro benzene ring substituents is 1. The Bertz CT molecular complexity index is 747. The molecule has 0 unspecified atom stereocenters. The van der Waals surface area contributed by atoms with Crippen LogP contribution >= 0.6 is 11.8 Å². The van der Waals surface area contributed by atoms with Gasteiger partial charge in [-0.1, -0.05) is 12.1 Å². The number of benzene rings is 2. The predicted molar refractivity (Wildman–Crippen MR) is 87.4 cm³/mol. The molecule has 2 rings (SSSR count). The minimum Gasteiger partial charge on any atom is -0.369 e. The van der Waals surface area contributed by atoms with Gasteiger partial charge >= 0.3 is 0 Å². The molecule has 0 aromatic heterocycles. The number of nitrogens with one attached hydrogen (secondary N) is 1. The third kappa shape index (κ3) is 4.55. The smallest absolute Gasteiger partial charge is 0.269 e. The van der Waals surface area contributed by atoms with Crippen LogP contribution in [0.5, 0.6) is 0 Å². The van der Waals surface area contributed by atoms with Gasteiger partial charge in [0.2, 0.25) is 5.91 Å². The lowest BCUT2D eigenvalue weighted by atomic mass is 10.2. The second-order valence-electron chi connectivity index (χ2n) is 4.51.